The molecule has 288 valence electrons. The number of pyridine rings is 1. The Morgan fingerprint density at radius 3 is 1.43 bits per heavy atom. The van der Waals surface area contributed by atoms with Gasteiger partial charge in [-0.25, -0.2) is 4.98 Å². The van der Waals surface area contributed by atoms with Gasteiger partial charge in [0.1, 0.15) is 5.65 Å². The van der Waals surface area contributed by atoms with Crippen LogP contribution in [-0.4, -0.2) is 9.38 Å². The third kappa shape index (κ3) is 5.64. The van der Waals surface area contributed by atoms with Crippen LogP contribution in [0.25, 0.3) is 70.7 Å². The monoisotopic (exact) mass is 850 g/mol. The van der Waals surface area contributed by atoms with Crippen LogP contribution in [0.3, 0.4) is 0 Å². The minimum atomic E-state index is -2.59. The SMILES string of the molecule is S=P(c1ccc2ccccc2c1)(c1ccc2ccccc2c1)c1ccc2c(c1)nc1c3c4ccccc4ccc3c3ccc(P(=S)(c4ccccc4)c4ccccc4)cc3n21. The lowest BCUT2D eigenvalue weighted by molar-refractivity contribution is 1.32. The zero-order valence-electron chi connectivity index (χ0n) is 32.9. The molecule has 12 aromatic rings. The van der Waals surface area contributed by atoms with Crippen molar-refractivity contribution < 1.29 is 0 Å². The first-order valence-corrected chi connectivity index (χ1v) is 26.1. The van der Waals surface area contributed by atoms with E-state index >= 15 is 0 Å². The van der Waals surface area contributed by atoms with Crippen LogP contribution < -0.4 is 31.8 Å². The van der Waals surface area contributed by atoms with Gasteiger partial charge in [0.25, 0.3) is 0 Å². The Balaban J connectivity index is 1.17. The molecule has 61 heavy (non-hydrogen) atoms. The molecule has 0 aliphatic carbocycles. The van der Waals surface area contributed by atoms with Crippen molar-refractivity contribution in [1.29, 1.82) is 0 Å². The lowest BCUT2D eigenvalue weighted by atomic mass is 9.99. The third-order valence-electron chi connectivity index (χ3n) is 12.5. The average molecular weight is 851 g/mol. The zero-order valence-corrected chi connectivity index (χ0v) is 36.3. The van der Waals surface area contributed by atoms with Crippen LogP contribution in [0.15, 0.2) is 218 Å². The molecule has 2 aromatic heterocycles. The van der Waals surface area contributed by atoms with E-state index in [-0.39, 0.29) is 0 Å². The predicted octanol–water partition coefficient (Wildman–Crippen LogP) is 11.8. The van der Waals surface area contributed by atoms with Crippen LogP contribution in [-0.2, 0) is 23.6 Å². The van der Waals surface area contributed by atoms with Crippen LogP contribution in [0.1, 0.15) is 0 Å². The second kappa shape index (κ2) is 14.2. The van der Waals surface area contributed by atoms with Gasteiger partial charge in [-0.3, -0.25) is 4.40 Å². The fourth-order valence-corrected chi connectivity index (χ4v) is 16.9. The highest BCUT2D eigenvalue weighted by Crippen LogP contribution is 2.47. The molecule has 0 amide bonds. The van der Waals surface area contributed by atoms with Crippen LogP contribution in [0, 0.1) is 0 Å². The average Bonchev–Trinajstić information content (AvgIpc) is 3.72. The standard InChI is InChI=1S/C55H36N2P2S2/c60-58(42-18-3-1-4-19-42,43-20-5-2-6-21-43)47-28-31-49-50-30-25-39-15-11-12-22-48(39)54(50)55-56-51-35-46(29-32-52(51)57(55)53(49)36-47)59(61,44-26-23-37-13-7-9-16-40(37)33-44)45-27-24-38-14-8-10-17-41(38)34-45/h1-36H. The molecule has 2 nitrogen and oxygen atoms in total. The molecule has 0 atom stereocenters. The first kappa shape index (κ1) is 36.6. The van der Waals surface area contributed by atoms with Crippen LogP contribution in [0.5, 0.6) is 0 Å². The van der Waals surface area contributed by atoms with Crippen LogP contribution in [0.2, 0.25) is 0 Å². The van der Waals surface area contributed by atoms with Gasteiger partial charge < -0.3 is 0 Å². The molecular formula is C55H36N2P2S2. The molecule has 0 radical (unpaired) electrons. The van der Waals surface area contributed by atoms with Crippen molar-refractivity contribution in [3.63, 3.8) is 0 Å². The number of fused-ring (bicyclic) bond motifs is 12. The summed E-state index contributed by atoms with van der Waals surface area (Å²) in [5, 5.41) is 17.6. The van der Waals surface area contributed by atoms with E-state index in [1.165, 1.54) is 64.3 Å². The summed E-state index contributed by atoms with van der Waals surface area (Å²) >= 11 is 14.0. The number of imidazole rings is 1. The molecule has 0 saturated carbocycles. The molecule has 0 unspecified atom stereocenters. The maximum absolute atomic E-state index is 7.11. The summed E-state index contributed by atoms with van der Waals surface area (Å²) in [4.78, 5) is 5.63. The van der Waals surface area contributed by atoms with Gasteiger partial charge >= 0.3 is 0 Å². The molecule has 0 bridgehead atoms. The maximum Gasteiger partial charge on any atom is 0.147 e. The highest BCUT2D eigenvalue weighted by Gasteiger charge is 2.29. The number of aromatic nitrogens is 2. The van der Waals surface area contributed by atoms with Crippen molar-refractivity contribution in [1.82, 2.24) is 9.38 Å². The highest BCUT2D eigenvalue weighted by atomic mass is 32.4. The van der Waals surface area contributed by atoms with E-state index in [1.807, 2.05) is 0 Å². The first-order chi connectivity index (χ1) is 30.0. The second-order valence-corrected chi connectivity index (χ2v) is 24.6. The summed E-state index contributed by atoms with van der Waals surface area (Å²) in [6, 6.07) is 74.0. The van der Waals surface area contributed by atoms with Crippen LogP contribution >= 0.6 is 12.1 Å². The predicted molar refractivity (Wildman–Crippen MR) is 272 cm³/mol. The van der Waals surface area contributed by atoms with E-state index in [4.69, 9.17) is 28.6 Å². The van der Waals surface area contributed by atoms with Gasteiger partial charge in [0.05, 0.1) is 16.6 Å². The van der Waals surface area contributed by atoms with E-state index < -0.39 is 12.1 Å². The van der Waals surface area contributed by atoms with Crippen LogP contribution in [0.4, 0.5) is 0 Å². The molecule has 0 spiro atoms. The van der Waals surface area contributed by atoms with E-state index in [1.54, 1.807) is 0 Å². The molecule has 0 saturated heterocycles. The van der Waals surface area contributed by atoms with E-state index in [0.717, 1.165) is 38.2 Å². The molecule has 0 aliphatic heterocycles. The van der Waals surface area contributed by atoms with E-state index in [9.17, 15) is 0 Å². The van der Waals surface area contributed by atoms with Gasteiger partial charge in [0.2, 0.25) is 0 Å². The summed E-state index contributed by atoms with van der Waals surface area (Å²) in [6.45, 7) is 0. The number of hydrogen-bond acceptors (Lipinski definition) is 3. The Kier molecular flexibility index (Phi) is 8.50. The van der Waals surface area contributed by atoms with Crippen molar-refractivity contribution >= 4 is 138 Å². The van der Waals surface area contributed by atoms with Gasteiger partial charge in [-0.15, -0.1) is 0 Å². The van der Waals surface area contributed by atoms with Gasteiger partial charge in [-0.1, -0.05) is 212 Å². The molecule has 0 fully saturated rings. The van der Waals surface area contributed by atoms with Gasteiger partial charge in [0, 0.05) is 22.8 Å². The summed E-state index contributed by atoms with van der Waals surface area (Å²) in [5.41, 5.74) is 3.99. The Bertz CT molecular complexity index is 3710. The van der Waals surface area contributed by atoms with Gasteiger partial charge in [-0.05, 0) is 99.9 Å². The molecule has 6 heteroatoms. The van der Waals surface area contributed by atoms with Crippen molar-refractivity contribution in [2.75, 3.05) is 0 Å². The molecule has 12 rings (SSSR count). The first-order valence-electron chi connectivity index (χ1n) is 20.5. The Labute approximate surface area is 363 Å². The maximum atomic E-state index is 7.11. The van der Waals surface area contributed by atoms with Crippen molar-refractivity contribution in [2.45, 2.75) is 0 Å². The topological polar surface area (TPSA) is 17.3 Å². The lowest BCUT2D eigenvalue weighted by Gasteiger charge is -2.25. The van der Waals surface area contributed by atoms with Gasteiger partial charge in [-0.2, -0.15) is 0 Å². The van der Waals surface area contributed by atoms with E-state index in [2.05, 4.69) is 223 Å². The van der Waals surface area contributed by atoms with Gasteiger partial charge in [0.15, 0.2) is 0 Å². The smallest absolute Gasteiger partial charge is 0.147 e. The zero-order chi connectivity index (χ0) is 40.7. The molecular weight excluding hydrogens is 815 g/mol. The molecule has 10 aromatic carbocycles. The number of benzene rings is 10. The molecule has 0 N–H and O–H groups in total. The summed E-state index contributed by atoms with van der Waals surface area (Å²) in [6.07, 6.45) is 0. The normalized spacial score (nSPS) is 12.4. The van der Waals surface area contributed by atoms with Crippen molar-refractivity contribution in [3.05, 3.63) is 218 Å². The van der Waals surface area contributed by atoms with E-state index in [0.29, 0.717) is 0 Å². The third-order valence-corrected chi connectivity index (χ3v) is 22.3. The summed E-state index contributed by atoms with van der Waals surface area (Å²) < 4.78 is 2.39. The fourth-order valence-electron chi connectivity index (χ4n) is 9.46. The molecule has 0 aliphatic rings. The number of hydrogen-bond donors (Lipinski definition) is 0. The quantitative estimate of drug-likeness (QED) is 0.123. The van der Waals surface area contributed by atoms with Crippen molar-refractivity contribution in [2.24, 2.45) is 0 Å². The Hall–Kier alpha value is -6.25. The van der Waals surface area contributed by atoms with Crippen molar-refractivity contribution in [3.8, 4) is 0 Å². The molecule has 2 heterocycles. The number of rotatable bonds is 6. The summed E-state index contributed by atoms with van der Waals surface area (Å²) in [7, 11) is 0. The minimum Gasteiger partial charge on any atom is -0.292 e. The number of nitrogens with zero attached hydrogens (tertiary/aromatic N) is 2. The Morgan fingerprint density at radius 1 is 0.328 bits per heavy atom. The largest absolute Gasteiger partial charge is 0.292 e. The Morgan fingerprint density at radius 2 is 0.787 bits per heavy atom. The fraction of sp³-hybridized carbons (Fsp3) is 0. The highest BCUT2D eigenvalue weighted by molar-refractivity contribution is 8.26. The second-order valence-electron chi connectivity index (χ2n) is 15.8. The minimum absolute atomic E-state index is 0.922. The summed E-state index contributed by atoms with van der Waals surface area (Å²) in [5.74, 6) is 0. The lowest BCUT2D eigenvalue weighted by Crippen LogP contribution is -2.25.